The third-order valence-corrected chi connectivity index (χ3v) is 4.32. The minimum Gasteiger partial charge on any atom is -0.378 e. The van der Waals surface area contributed by atoms with E-state index in [1.165, 1.54) is 5.56 Å². The highest BCUT2D eigenvalue weighted by molar-refractivity contribution is 5.76. The van der Waals surface area contributed by atoms with Crippen LogP contribution in [0.15, 0.2) is 30.3 Å². The lowest BCUT2D eigenvalue weighted by Gasteiger charge is -2.39. The van der Waals surface area contributed by atoms with Crippen LogP contribution < -0.4 is 5.32 Å². The number of ether oxygens (including phenoxy) is 1. The number of nitrogens with one attached hydrogen (secondary N) is 1. The molecule has 3 atom stereocenters. The first-order valence-corrected chi connectivity index (χ1v) is 7.28. The maximum Gasteiger partial charge on any atom is 0.220 e. The van der Waals surface area contributed by atoms with Gasteiger partial charge in [0.1, 0.15) is 0 Å². The van der Waals surface area contributed by atoms with Crippen molar-refractivity contribution < 1.29 is 9.53 Å². The molecule has 1 aromatic carbocycles. The molecule has 0 bridgehead atoms. The Kier molecular flexibility index (Phi) is 3.83. The van der Waals surface area contributed by atoms with Gasteiger partial charge in [-0.15, -0.1) is 0 Å². The lowest BCUT2D eigenvalue weighted by molar-refractivity contribution is -0.124. The van der Waals surface area contributed by atoms with Gasteiger partial charge in [-0.05, 0) is 31.2 Å². The van der Waals surface area contributed by atoms with Crippen LogP contribution in [0.3, 0.4) is 0 Å². The highest BCUT2D eigenvalue weighted by atomic mass is 16.5. The molecule has 1 heterocycles. The van der Waals surface area contributed by atoms with E-state index in [0.29, 0.717) is 24.5 Å². The summed E-state index contributed by atoms with van der Waals surface area (Å²) in [5.41, 5.74) is 1.31. The number of benzene rings is 1. The number of amides is 1. The molecule has 1 aliphatic heterocycles. The molecule has 2 aliphatic rings. The van der Waals surface area contributed by atoms with Crippen molar-refractivity contribution in [2.75, 3.05) is 6.61 Å². The molecule has 0 radical (unpaired) electrons. The summed E-state index contributed by atoms with van der Waals surface area (Å²) in [4.78, 5) is 11.9. The molecule has 3 heteroatoms. The van der Waals surface area contributed by atoms with Crippen molar-refractivity contribution in [3.63, 3.8) is 0 Å². The summed E-state index contributed by atoms with van der Waals surface area (Å²) in [5, 5.41) is 3.16. The van der Waals surface area contributed by atoms with Gasteiger partial charge in [0.15, 0.2) is 0 Å². The summed E-state index contributed by atoms with van der Waals surface area (Å²) < 4.78 is 5.55. The number of carbonyl (C=O) groups excluding carboxylic acids is 1. The largest absolute Gasteiger partial charge is 0.378 e. The van der Waals surface area contributed by atoms with E-state index in [-0.39, 0.29) is 5.91 Å². The van der Waals surface area contributed by atoms with Gasteiger partial charge in [0, 0.05) is 25.0 Å². The summed E-state index contributed by atoms with van der Waals surface area (Å²) in [5.74, 6) is 0.782. The zero-order valence-corrected chi connectivity index (χ0v) is 11.2. The van der Waals surface area contributed by atoms with E-state index < -0.39 is 0 Å². The summed E-state index contributed by atoms with van der Waals surface area (Å²) in [6.07, 6.45) is 5.08. The number of carbonyl (C=O) groups is 1. The van der Waals surface area contributed by atoms with Crippen LogP contribution in [0, 0.1) is 5.92 Å². The van der Waals surface area contributed by atoms with E-state index in [1.807, 2.05) is 18.2 Å². The molecule has 1 aliphatic carbocycles. The summed E-state index contributed by atoms with van der Waals surface area (Å²) >= 11 is 0. The van der Waals surface area contributed by atoms with Crippen LogP contribution in [0.5, 0.6) is 0 Å². The number of fused-ring (bicyclic) bond motifs is 1. The number of hydrogen-bond acceptors (Lipinski definition) is 2. The first kappa shape index (κ1) is 12.7. The smallest absolute Gasteiger partial charge is 0.220 e. The minimum atomic E-state index is 0.200. The van der Waals surface area contributed by atoms with E-state index in [9.17, 15) is 4.79 Å². The van der Waals surface area contributed by atoms with Crippen molar-refractivity contribution in [2.24, 2.45) is 5.92 Å². The molecule has 3 rings (SSSR count). The van der Waals surface area contributed by atoms with Crippen LogP contribution >= 0.6 is 0 Å². The molecule has 0 spiro atoms. The first-order chi connectivity index (χ1) is 9.33. The summed E-state index contributed by atoms with van der Waals surface area (Å²) in [6.45, 7) is 0.871. The van der Waals surface area contributed by atoms with E-state index in [4.69, 9.17) is 4.74 Å². The minimum absolute atomic E-state index is 0.200. The van der Waals surface area contributed by atoms with Crippen molar-refractivity contribution in [3.8, 4) is 0 Å². The SMILES string of the molecule is O=C(CCCc1ccccc1)N[C@H]1C[C@@H]2OCC[C@H]12. The van der Waals surface area contributed by atoms with Crippen LogP contribution in [0.25, 0.3) is 0 Å². The molecule has 0 unspecified atom stereocenters. The maximum absolute atomic E-state index is 11.9. The van der Waals surface area contributed by atoms with Crippen molar-refractivity contribution in [2.45, 2.75) is 44.2 Å². The van der Waals surface area contributed by atoms with Crippen molar-refractivity contribution in [1.82, 2.24) is 5.32 Å². The van der Waals surface area contributed by atoms with E-state index in [1.54, 1.807) is 0 Å². The van der Waals surface area contributed by atoms with Gasteiger partial charge in [0.05, 0.1) is 6.10 Å². The van der Waals surface area contributed by atoms with E-state index >= 15 is 0 Å². The molecular formula is C16H21NO2. The van der Waals surface area contributed by atoms with Crippen LogP contribution in [0.1, 0.15) is 31.2 Å². The quantitative estimate of drug-likeness (QED) is 0.881. The lowest BCUT2D eigenvalue weighted by Crippen LogP contribution is -2.53. The van der Waals surface area contributed by atoms with Crippen molar-refractivity contribution in [3.05, 3.63) is 35.9 Å². The van der Waals surface area contributed by atoms with Gasteiger partial charge in [0.25, 0.3) is 0 Å². The van der Waals surface area contributed by atoms with E-state index in [2.05, 4.69) is 17.4 Å². The Balaban J connectivity index is 1.36. The zero-order valence-electron chi connectivity index (χ0n) is 11.2. The zero-order chi connectivity index (χ0) is 13.1. The van der Waals surface area contributed by atoms with Gasteiger partial charge >= 0.3 is 0 Å². The Morgan fingerprint density at radius 2 is 2.16 bits per heavy atom. The van der Waals surface area contributed by atoms with Gasteiger partial charge in [-0.3, -0.25) is 4.79 Å². The van der Waals surface area contributed by atoms with Crippen LogP contribution in [-0.4, -0.2) is 24.7 Å². The van der Waals surface area contributed by atoms with Crippen molar-refractivity contribution in [1.29, 1.82) is 0 Å². The third-order valence-electron chi connectivity index (χ3n) is 4.32. The summed E-state index contributed by atoms with van der Waals surface area (Å²) in [6, 6.07) is 10.7. The predicted octanol–water partition coefficient (Wildman–Crippen LogP) is 2.30. The highest BCUT2D eigenvalue weighted by Crippen LogP contribution is 2.38. The summed E-state index contributed by atoms with van der Waals surface area (Å²) in [7, 11) is 0. The second-order valence-corrected chi connectivity index (χ2v) is 5.61. The van der Waals surface area contributed by atoms with E-state index in [0.717, 1.165) is 32.3 Å². The first-order valence-electron chi connectivity index (χ1n) is 7.28. The number of rotatable bonds is 5. The van der Waals surface area contributed by atoms with Gasteiger partial charge in [0.2, 0.25) is 5.91 Å². The Bertz CT molecular complexity index is 432. The van der Waals surface area contributed by atoms with Crippen LogP contribution in [-0.2, 0) is 16.0 Å². The fourth-order valence-electron chi connectivity index (χ4n) is 3.14. The number of aryl methyl sites for hydroxylation is 1. The third kappa shape index (κ3) is 2.98. The molecular weight excluding hydrogens is 238 g/mol. The highest BCUT2D eigenvalue weighted by Gasteiger charge is 2.45. The second-order valence-electron chi connectivity index (χ2n) is 5.61. The normalized spacial score (nSPS) is 28.5. The average Bonchev–Trinajstić information content (AvgIpc) is 2.79. The average molecular weight is 259 g/mol. The van der Waals surface area contributed by atoms with Gasteiger partial charge in [-0.25, -0.2) is 0 Å². The van der Waals surface area contributed by atoms with Gasteiger partial charge in [-0.1, -0.05) is 30.3 Å². The van der Waals surface area contributed by atoms with Crippen LogP contribution in [0.4, 0.5) is 0 Å². The Labute approximate surface area is 114 Å². The molecule has 3 nitrogen and oxygen atoms in total. The predicted molar refractivity (Wildman–Crippen MR) is 73.8 cm³/mol. The maximum atomic E-state index is 11.9. The van der Waals surface area contributed by atoms with Gasteiger partial charge < -0.3 is 10.1 Å². The molecule has 2 fully saturated rings. The molecule has 0 aromatic heterocycles. The Morgan fingerprint density at radius 1 is 1.32 bits per heavy atom. The second kappa shape index (κ2) is 5.74. The molecule has 1 amide bonds. The molecule has 1 N–H and O–H groups in total. The Morgan fingerprint density at radius 3 is 2.95 bits per heavy atom. The molecule has 102 valence electrons. The standard InChI is InChI=1S/C16H21NO2/c18-16(8-4-7-12-5-2-1-3-6-12)17-14-11-15-13(14)9-10-19-15/h1-3,5-6,13-15H,4,7-11H2,(H,17,18)/t13-,14+,15+/m1/s1. The number of hydrogen-bond donors (Lipinski definition) is 1. The fraction of sp³-hybridized carbons (Fsp3) is 0.562. The molecule has 1 saturated carbocycles. The molecule has 1 aromatic rings. The van der Waals surface area contributed by atoms with Crippen LogP contribution in [0.2, 0.25) is 0 Å². The van der Waals surface area contributed by atoms with Crippen molar-refractivity contribution >= 4 is 5.91 Å². The molecule has 1 saturated heterocycles. The molecule has 19 heavy (non-hydrogen) atoms. The lowest BCUT2D eigenvalue weighted by atomic mass is 9.76. The fourth-order valence-corrected chi connectivity index (χ4v) is 3.14. The Hall–Kier alpha value is -1.35. The van der Waals surface area contributed by atoms with Gasteiger partial charge in [-0.2, -0.15) is 0 Å². The monoisotopic (exact) mass is 259 g/mol. The topological polar surface area (TPSA) is 38.3 Å².